The van der Waals surface area contributed by atoms with Crippen LogP contribution in [-0.4, -0.2) is 11.4 Å². The monoisotopic (exact) mass is 810 g/mol. The fourth-order valence-corrected chi connectivity index (χ4v) is 10.1. The fourth-order valence-electron chi connectivity index (χ4n) is 10.1. The first-order valence-electron chi connectivity index (χ1n) is 22.1. The van der Waals surface area contributed by atoms with E-state index in [0.29, 0.717) is 0 Å². The second-order valence-corrected chi connectivity index (χ2v) is 16.9. The Morgan fingerprint density at radius 2 is 1.06 bits per heavy atom. The van der Waals surface area contributed by atoms with Gasteiger partial charge in [0.1, 0.15) is 0 Å². The second kappa shape index (κ2) is 16.8. The Morgan fingerprint density at radius 1 is 0.556 bits per heavy atom. The highest BCUT2D eigenvalue weighted by Gasteiger charge is 2.54. The van der Waals surface area contributed by atoms with Crippen LogP contribution in [0.3, 0.4) is 0 Å². The van der Waals surface area contributed by atoms with E-state index in [9.17, 15) is 0 Å². The molecule has 0 aliphatic heterocycles. The fraction of sp³-hybridized carbons (Fsp3) is 0.115. The zero-order valence-electron chi connectivity index (χ0n) is 36.1. The van der Waals surface area contributed by atoms with Crippen molar-refractivity contribution >= 4 is 34.0 Å². The summed E-state index contributed by atoms with van der Waals surface area (Å²) in [5.41, 5.74) is 21.2. The highest BCUT2D eigenvalue weighted by atomic mass is 14.8. The van der Waals surface area contributed by atoms with Gasteiger partial charge in [0.05, 0.1) is 22.5 Å². The zero-order valence-corrected chi connectivity index (χ0v) is 36.1. The molecule has 0 amide bonds. The van der Waals surface area contributed by atoms with Crippen LogP contribution in [0.25, 0.3) is 44.8 Å². The molecule has 3 aliphatic carbocycles. The van der Waals surface area contributed by atoms with E-state index < -0.39 is 5.41 Å². The molecule has 0 radical (unpaired) electrons. The van der Waals surface area contributed by atoms with E-state index in [1.807, 2.05) is 36.4 Å². The maximum absolute atomic E-state index is 5.65. The molecule has 2 nitrogen and oxygen atoms in total. The molecule has 63 heavy (non-hydrogen) atoms. The van der Waals surface area contributed by atoms with Crippen molar-refractivity contribution < 1.29 is 0 Å². The van der Waals surface area contributed by atoms with Crippen LogP contribution in [0.15, 0.2) is 229 Å². The molecular weight excluding hydrogens is 761 g/mol. The smallest absolute Gasteiger partial charge is 0.0740 e. The highest BCUT2D eigenvalue weighted by molar-refractivity contribution is 6.17. The molecule has 0 fully saturated rings. The van der Waals surface area contributed by atoms with Crippen molar-refractivity contribution in [3.63, 3.8) is 0 Å². The first kappa shape index (κ1) is 39.7. The SMILES string of the molecule is C=C(/C=C(\N=C(/C)c1ccccc1)c1ccccc1)c1ccc(-c2ccc(C(=C)/N=C(\C3=C(C)c4ccccc4C34c3ccccc3-c3ccccc34)C3C=CCCC3)cc2)cc1. The molecule has 0 saturated carbocycles. The summed E-state index contributed by atoms with van der Waals surface area (Å²) in [6, 6.07) is 65.0. The minimum absolute atomic E-state index is 0.178. The molecule has 3 aliphatic rings. The number of aliphatic imine (C=N–C) groups is 2. The van der Waals surface area contributed by atoms with Crippen LogP contribution in [0.5, 0.6) is 0 Å². The first-order chi connectivity index (χ1) is 30.9. The second-order valence-electron chi connectivity index (χ2n) is 16.9. The molecule has 304 valence electrons. The van der Waals surface area contributed by atoms with Crippen LogP contribution in [0.1, 0.15) is 77.6 Å². The van der Waals surface area contributed by atoms with E-state index in [0.717, 1.165) is 81.0 Å². The molecule has 0 heterocycles. The molecular formula is C61H50N2. The molecule has 0 saturated heterocycles. The summed E-state index contributed by atoms with van der Waals surface area (Å²) in [5.74, 6) is 0.178. The molecule has 0 N–H and O–H groups in total. The molecule has 1 atom stereocenters. The summed E-state index contributed by atoms with van der Waals surface area (Å²) < 4.78 is 0. The Hall–Kier alpha value is -7.42. The van der Waals surface area contributed by atoms with Crippen molar-refractivity contribution in [1.29, 1.82) is 0 Å². The molecule has 10 rings (SSSR count). The van der Waals surface area contributed by atoms with Crippen LogP contribution in [-0.2, 0) is 5.41 Å². The number of hydrogen-bond acceptors (Lipinski definition) is 2. The average molecular weight is 811 g/mol. The standard InChI is InChI=1S/C61H50N2/c1-41(40-58(50-22-10-6-11-23-50)62-43(3)46-20-8-5-9-21-46)45-32-36-48(37-33-45)49-38-34-47(35-39-49)44(4)63-60(51-24-12-7-13-25-51)59-42(2)52-26-14-17-29-55(52)61(59)56-30-18-15-27-53(56)54-28-16-19-31-57(54)61/h5-6,8-12,14-24,26-40,51H,1,4,7,13,25H2,2-3H3/b58-40-,62-43+,63-60-. The van der Waals surface area contributed by atoms with Crippen molar-refractivity contribution in [1.82, 2.24) is 0 Å². The number of rotatable bonds is 10. The first-order valence-corrected chi connectivity index (χ1v) is 22.1. The molecule has 7 aromatic carbocycles. The molecule has 1 unspecified atom stereocenters. The Labute approximate surface area is 372 Å². The topological polar surface area (TPSA) is 24.7 Å². The highest BCUT2D eigenvalue weighted by Crippen LogP contribution is 2.62. The van der Waals surface area contributed by atoms with Crippen molar-refractivity contribution in [3.8, 4) is 22.3 Å². The Kier molecular flexibility index (Phi) is 10.6. The van der Waals surface area contributed by atoms with E-state index in [1.165, 1.54) is 44.5 Å². The van der Waals surface area contributed by atoms with Crippen LogP contribution in [0.4, 0.5) is 0 Å². The van der Waals surface area contributed by atoms with Gasteiger partial charge < -0.3 is 0 Å². The predicted octanol–water partition coefficient (Wildman–Crippen LogP) is 15.5. The lowest BCUT2D eigenvalue weighted by molar-refractivity contribution is 0.648. The van der Waals surface area contributed by atoms with Gasteiger partial charge in [-0.05, 0) is 117 Å². The summed E-state index contributed by atoms with van der Waals surface area (Å²) in [4.78, 5) is 10.7. The predicted molar refractivity (Wildman–Crippen MR) is 268 cm³/mol. The summed E-state index contributed by atoms with van der Waals surface area (Å²) >= 11 is 0. The Balaban J connectivity index is 0.973. The minimum Gasteiger partial charge on any atom is -0.252 e. The maximum atomic E-state index is 5.65. The number of benzene rings is 7. The largest absolute Gasteiger partial charge is 0.252 e. The van der Waals surface area contributed by atoms with Gasteiger partial charge in [-0.3, -0.25) is 9.98 Å². The summed E-state index contributed by atoms with van der Waals surface area (Å²) in [6.07, 6.45) is 10.1. The van der Waals surface area contributed by atoms with Gasteiger partial charge in [0.15, 0.2) is 0 Å². The molecule has 1 spiro atoms. The minimum atomic E-state index is -0.465. The zero-order chi connectivity index (χ0) is 42.9. The maximum Gasteiger partial charge on any atom is 0.0740 e. The number of fused-ring (bicyclic) bond motifs is 7. The van der Waals surface area contributed by atoms with Crippen molar-refractivity contribution in [2.24, 2.45) is 15.9 Å². The third-order valence-corrected chi connectivity index (χ3v) is 13.2. The third-order valence-electron chi connectivity index (χ3n) is 13.2. The lowest BCUT2D eigenvalue weighted by atomic mass is 9.66. The van der Waals surface area contributed by atoms with E-state index in [-0.39, 0.29) is 5.92 Å². The summed E-state index contributed by atoms with van der Waals surface area (Å²) in [5, 5.41) is 0. The summed E-state index contributed by atoms with van der Waals surface area (Å²) in [6.45, 7) is 13.5. The number of hydrogen-bond donors (Lipinski definition) is 0. The van der Waals surface area contributed by atoms with Crippen molar-refractivity contribution in [2.45, 2.75) is 38.5 Å². The van der Waals surface area contributed by atoms with Gasteiger partial charge >= 0.3 is 0 Å². The van der Waals surface area contributed by atoms with Gasteiger partial charge in [-0.25, -0.2) is 0 Å². The van der Waals surface area contributed by atoms with Crippen LogP contribution < -0.4 is 0 Å². The van der Waals surface area contributed by atoms with Crippen LogP contribution in [0.2, 0.25) is 0 Å². The van der Waals surface area contributed by atoms with Crippen molar-refractivity contribution in [3.05, 3.63) is 263 Å². The van der Waals surface area contributed by atoms with Gasteiger partial charge in [-0.1, -0.05) is 207 Å². The normalized spacial score (nSPS) is 16.5. The summed E-state index contributed by atoms with van der Waals surface area (Å²) in [7, 11) is 0. The van der Waals surface area contributed by atoms with Crippen molar-refractivity contribution in [2.75, 3.05) is 0 Å². The van der Waals surface area contributed by atoms with Gasteiger partial charge in [0, 0.05) is 17.2 Å². The van der Waals surface area contributed by atoms with E-state index in [1.54, 1.807) is 0 Å². The van der Waals surface area contributed by atoms with Crippen LogP contribution >= 0.6 is 0 Å². The Morgan fingerprint density at radius 3 is 1.63 bits per heavy atom. The van der Waals surface area contributed by atoms with E-state index in [2.05, 4.69) is 191 Å². The van der Waals surface area contributed by atoms with E-state index in [4.69, 9.17) is 9.98 Å². The molecule has 7 aromatic rings. The van der Waals surface area contributed by atoms with Gasteiger partial charge in [0.2, 0.25) is 0 Å². The van der Waals surface area contributed by atoms with Gasteiger partial charge in [-0.15, -0.1) is 0 Å². The lowest BCUT2D eigenvalue weighted by Gasteiger charge is -2.35. The third kappa shape index (κ3) is 7.12. The van der Waals surface area contributed by atoms with Crippen LogP contribution in [0, 0.1) is 5.92 Å². The molecule has 0 aromatic heterocycles. The Bertz CT molecular complexity index is 3000. The number of nitrogens with zero attached hydrogens (tertiary/aromatic N) is 2. The lowest BCUT2D eigenvalue weighted by Crippen LogP contribution is -2.34. The van der Waals surface area contributed by atoms with Gasteiger partial charge in [0.25, 0.3) is 0 Å². The van der Waals surface area contributed by atoms with Gasteiger partial charge in [-0.2, -0.15) is 0 Å². The molecule has 0 bridgehead atoms. The van der Waals surface area contributed by atoms with E-state index >= 15 is 0 Å². The average Bonchev–Trinajstić information content (AvgIpc) is 3.79. The quantitative estimate of drug-likeness (QED) is 0.0747. The number of allylic oxidation sites excluding steroid dienone is 6. The molecule has 2 heteroatoms.